The number of esters is 1. The number of nitrogens with one attached hydrogen (secondary N) is 1. The first kappa shape index (κ1) is 19.9. The van der Waals surface area contributed by atoms with E-state index in [4.69, 9.17) is 37.2 Å². The minimum absolute atomic E-state index is 0.216. The van der Waals surface area contributed by atoms with Gasteiger partial charge in [0.25, 0.3) is 0 Å². The lowest BCUT2D eigenvalue weighted by Gasteiger charge is -2.26. The molecule has 0 atom stereocenters. The molecule has 146 valence electrons. The van der Waals surface area contributed by atoms with E-state index in [9.17, 15) is 4.79 Å². The standard InChI is InChI=1S/C18H21Cl2N3O4/c1-25-18(24)15-16(13-4-3-12(19)11-14(13)20)27-22-17(15)21-5-2-6-23-7-9-26-10-8-23/h3-4,11H,2,5-10H2,1H3,(H,21,22). The van der Waals surface area contributed by atoms with Crippen LogP contribution >= 0.6 is 23.2 Å². The topological polar surface area (TPSA) is 76.8 Å². The van der Waals surface area contributed by atoms with Gasteiger partial charge in [-0.05, 0) is 31.2 Å². The zero-order valence-electron chi connectivity index (χ0n) is 15.0. The summed E-state index contributed by atoms with van der Waals surface area (Å²) in [4.78, 5) is 14.6. The fraction of sp³-hybridized carbons (Fsp3) is 0.444. The van der Waals surface area contributed by atoms with Crippen LogP contribution in [-0.4, -0.2) is 62.5 Å². The molecule has 0 aliphatic carbocycles. The molecular weight excluding hydrogens is 393 g/mol. The Labute approximate surface area is 167 Å². The molecule has 0 bridgehead atoms. The van der Waals surface area contributed by atoms with Crippen molar-refractivity contribution < 1.29 is 18.8 Å². The van der Waals surface area contributed by atoms with Gasteiger partial charge in [0.15, 0.2) is 17.1 Å². The summed E-state index contributed by atoms with van der Waals surface area (Å²) in [6, 6.07) is 4.93. The summed E-state index contributed by atoms with van der Waals surface area (Å²) in [5.74, 6) is 0.0389. The summed E-state index contributed by atoms with van der Waals surface area (Å²) in [7, 11) is 1.31. The maximum atomic E-state index is 12.3. The van der Waals surface area contributed by atoms with Crippen LogP contribution in [0.5, 0.6) is 0 Å². The van der Waals surface area contributed by atoms with Crippen LogP contribution in [0, 0.1) is 0 Å². The van der Waals surface area contributed by atoms with Gasteiger partial charge in [-0.1, -0.05) is 28.4 Å². The van der Waals surface area contributed by atoms with E-state index in [1.54, 1.807) is 18.2 Å². The van der Waals surface area contributed by atoms with Gasteiger partial charge < -0.3 is 19.3 Å². The third-order valence-electron chi connectivity index (χ3n) is 4.30. The number of rotatable bonds is 7. The van der Waals surface area contributed by atoms with Crippen LogP contribution in [0.3, 0.4) is 0 Å². The molecule has 3 rings (SSSR count). The van der Waals surface area contributed by atoms with Gasteiger partial charge in [-0.3, -0.25) is 4.90 Å². The van der Waals surface area contributed by atoms with E-state index in [2.05, 4.69) is 15.4 Å². The second kappa shape index (κ2) is 9.41. The van der Waals surface area contributed by atoms with Crippen molar-refractivity contribution in [3.63, 3.8) is 0 Å². The van der Waals surface area contributed by atoms with E-state index in [1.807, 2.05) is 0 Å². The van der Waals surface area contributed by atoms with Crippen molar-refractivity contribution in [2.45, 2.75) is 6.42 Å². The first-order chi connectivity index (χ1) is 13.1. The van der Waals surface area contributed by atoms with Crippen molar-refractivity contribution in [1.29, 1.82) is 0 Å². The Balaban J connectivity index is 1.71. The van der Waals surface area contributed by atoms with E-state index in [0.29, 0.717) is 28.0 Å². The lowest BCUT2D eigenvalue weighted by molar-refractivity contribution is 0.0378. The molecule has 2 heterocycles. The molecule has 0 radical (unpaired) electrons. The maximum absolute atomic E-state index is 12.3. The number of nitrogens with zero attached hydrogens (tertiary/aromatic N) is 2. The molecule has 0 amide bonds. The Morgan fingerprint density at radius 2 is 2.11 bits per heavy atom. The average molecular weight is 414 g/mol. The lowest BCUT2D eigenvalue weighted by Crippen LogP contribution is -2.37. The lowest BCUT2D eigenvalue weighted by atomic mass is 10.1. The Morgan fingerprint density at radius 1 is 1.33 bits per heavy atom. The summed E-state index contributed by atoms with van der Waals surface area (Å²) >= 11 is 12.2. The van der Waals surface area contributed by atoms with E-state index in [-0.39, 0.29) is 11.3 Å². The highest BCUT2D eigenvalue weighted by Gasteiger charge is 2.26. The number of hydrogen-bond acceptors (Lipinski definition) is 7. The van der Waals surface area contributed by atoms with Crippen molar-refractivity contribution in [3.8, 4) is 11.3 Å². The summed E-state index contributed by atoms with van der Waals surface area (Å²) in [6.45, 7) is 5.01. The molecule has 27 heavy (non-hydrogen) atoms. The van der Waals surface area contributed by atoms with Crippen LogP contribution in [0.4, 0.5) is 5.82 Å². The smallest absolute Gasteiger partial charge is 0.345 e. The molecule has 1 aliphatic heterocycles. The van der Waals surface area contributed by atoms with Gasteiger partial charge in [0.05, 0.1) is 25.3 Å². The SMILES string of the molecule is COC(=O)c1c(NCCCN2CCOCC2)noc1-c1ccc(Cl)cc1Cl. The predicted octanol–water partition coefficient (Wildman–Crippen LogP) is 3.57. The molecule has 2 aromatic rings. The monoisotopic (exact) mass is 413 g/mol. The molecule has 1 aromatic carbocycles. The third-order valence-corrected chi connectivity index (χ3v) is 4.85. The molecule has 1 aromatic heterocycles. The Hall–Kier alpha value is -1.80. The minimum Gasteiger partial charge on any atom is -0.465 e. The van der Waals surface area contributed by atoms with Crippen LogP contribution in [-0.2, 0) is 9.47 Å². The Bertz CT molecular complexity index is 791. The third kappa shape index (κ3) is 4.93. The predicted molar refractivity (Wildman–Crippen MR) is 104 cm³/mol. The molecule has 1 fully saturated rings. The molecule has 0 spiro atoms. The van der Waals surface area contributed by atoms with Gasteiger partial charge in [0.2, 0.25) is 0 Å². The number of halogens is 2. The first-order valence-corrected chi connectivity index (χ1v) is 9.43. The number of morpholine rings is 1. The molecular formula is C18H21Cl2N3O4. The van der Waals surface area contributed by atoms with Crippen molar-refractivity contribution in [2.75, 3.05) is 51.8 Å². The largest absolute Gasteiger partial charge is 0.465 e. The zero-order valence-corrected chi connectivity index (χ0v) is 16.5. The van der Waals surface area contributed by atoms with Gasteiger partial charge >= 0.3 is 5.97 Å². The van der Waals surface area contributed by atoms with Crippen LogP contribution in [0.25, 0.3) is 11.3 Å². The second-order valence-electron chi connectivity index (χ2n) is 6.09. The Kier molecular flexibility index (Phi) is 6.95. The summed E-state index contributed by atoms with van der Waals surface area (Å²) in [5, 5.41) is 8.01. The van der Waals surface area contributed by atoms with Gasteiger partial charge in [0.1, 0.15) is 0 Å². The number of anilines is 1. The van der Waals surface area contributed by atoms with E-state index < -0.39 is 5.97 Å². The number of aromatic nitrogens is 1. The average Bonchev–Trinajstić information content (AvgIpc) is 3.09. The second-order valence-corrected chi connectivity index (χ2v) is 6.93. The highest BCUT2D eigenvalue weighted by atomic mass is 35.5. The molecule has 0 unspecified atom stereocenters. The molecule has 1 N–H and O–H groups in total. The van der Waals surface area contributed by atoms with Crippen LogP contribution in [0.15, 0.2) is 22.7 Å². The van der Waals surface area contributed by atoms with Crippen LogP contribution in [0.2, 0.25) is 10.0 Å². The van der Waals surface area contributed by atoms with Gasteiger partial charge in [-0.2, -0.15) is 0 Å². The highest BCUT2D eigenvalue weighted by Crippen LogP contribution is 2.35. The molecule has 9 heteroatoms. The highest BCUT2D eigenvalue weighted by molar-refractivity contribution is 6.36. The van der Waals surface area contributed by atoms with Gasteiger partial charge in [0, 0.05) is 30.2 Å². The Morgan fingerprint density at radius 3 is 2.81 bits per heavy atom. The van der Waals surface area contributed by atoms with Gasteiger partial charge in [-0.15, -0.1) is 0 Å². The van der Waals surface area contributed by atoms with Gasteiger partial charge in [-0.25, -0.2) is 4.79 Å². The number of ether oxygens (including phenoxy) is 2. The summed E-state index contributed by atoms with van der Waals surface area (Å²) < 4.78 is 15.6. The fourth-order valence-electron chi connectivity index (χ4n) is 2.89. The van der Waals surface area contributed by atoms with Crippen LogP contribution in [0.1, 0.15) is 16.8 Å². The van der Waals surface area contributed by atoms with E-state index >= 15 is 0 Å². The fourth-order valence-corrected chi connectivity index (χ4v) is 3.39. The maximum Gasteiger partial charge on any atom is 0.345 e. The zero-order chi connectivity index (χ0) is 19.2. The number of methoxy groups -OCH3 is 1. The molecule has 1 saturated heterocycles. The number of carbonyl (C=O) groups is 1. The molecule has 0 saturated carbocycles. The van der Waals surface area contributed by atoms with E-state index in [0.717, 1.165) is 39.3 Å². The van der Waals surface area contributed by atoms with Crippen molar-refractivity contribution in [1.82, 2.24) is 10.1 Å². The quantitative estimate of drug-likeness (QED) is 0.548. The summed E-state index contributed by atoms with van der Waals surface area (Å²) in [6.07, 6.45) is 0.893. The van der Waals surface area contributed by atoms with Crippen LogP contribution < -0.4 is 5.32 Å². The van der Waals surface area contributed by atoms with E-state index in [1.165, 1.54) is 7.11 Å². The number of carbonyl (C=O) groups excluding carboxylic acids is 1. The summed E-state index contributed by atoms with van der Waals surface area (Å²) in [5.41, 5.74) is 0.739. The molecule has 7 nitrogen and oxygen atoms in total. The van der Waals surface area contributed by atoms with Crippen molar-refractivity contribution >= 4 is 35.0 Å². The van der Waals surface area contributed by atoms with Crippen molar-refractivity contribution in [2.24, 2.45) is 0 Å². The number of benzene rings is 1. The van der Waals surface area contributed by atoms with Crippen molar-refractivity contribution in [3.05, 3.63) is 33.8 Å². The normalized spacial score (nSPS) is 14.9. The minimum atomic E-state index is -0.548. The number of hydrogen-bond donors (Lipinski definition) is 1. The first-order valence-electron chi connectivity index (χ1n) is 8.67. The molecule has 1 aliphatic rings.